The highest BCUT2D eigenvalue weighted by molar-refractivity contribution is 8.14. The number of hydrogen-bond acceptors (Lipinski definition) is 5. The maximum atomic E-state index is 13.9. The largest absolute Gasteiger partial charge is 0.573 e. The van der Waals surface area contributed by atoms with E-state index < -0.39 is 12.4 Å². The summed E-state index contributed by atoms with van der Waals surface area (Å²) in [4.78, 5) is 23.3. The number of nitrogens with zero attached hydrogens (tertiary/aromatic N) is 5. The summed E-state index contributed by atoms with van der Waals surface area (Å²) in [6.45, 7) is 7.05. The number of carbonyl (C=O) groups is 1. The zero-order chi connectivity index (χ0) is 31.4. The summed E-state index contributed by atoms with van der Waals surface area (Å²) < 4.78 is 56.5. The van der Waals surface area contributed by atoms with Crippen LogP contribution in [-0.2, 0) is 0 Å². The number of rotatable bonds is 8. The van der Waals surface area contributed by atoms with Crippen molar-refractivity contribution in [3.8, 4) is 22.8 Å². The number of ether oxygens (including phenoxy) is 1. The third-order valence-corrected chi connectivity index (χ3v) is 7.96. The Morgan fingerprint density at radius 1 is 1.07 bits per heavy atom. The molecule has 1 saturated heterocycles. The zero-order valence-electron chi connectivity index (χ0n) is 24.2. The Kier molecular flexibility index (Phi) is 9.23. The summed E-state index contributed by atoms with van der Waals surface area (Å²) in [6, 6.07) is 17.2. The molecule has 0 spiro atoms. The highest BCUT2D eigenvalue weighted by Crippen LogP contribution is 2.33. The molecule has 1 unspecified atom stereocenters. The van der Waals surface area contributed by atoms with E-state index >= 15 is 0 Å². The first-order valence-electron chi connectivity index (χ1n) is 13.9. The minimum Gasteiger partial charge on any atom is -0.406 e. The Hall–Kier alpha value is -4.39. The van der Waals surface area contributed by atoms with Crippen LogP contribution in [0, 0.1) is 5.82 Å². The average Bonchev–Trinajstić information content (AvgIpc) is 3.66. The van der Waals surface area contributed by atoms with E-state index in [4.69, 9.17) is 0 Å². The fourth-order valence-electron chi connectivity index (χ4n) is 4.72. The highest BCUT2D eigenvalue weighted by Gasteiger charge is 2.31. The molecular formula is C31H30F4N6O2S. The van der Waals surface area contributed by atoms with Gasteiger partial charge in [-0.3, -0.25) is 0 Å². The van der Waals surface area contributed by atoms with E-state index in [1.165, 1.54) is 59.2 Å². The van der Waals surface area contributed by atoms with E-state index in [0.717, 1.165) is 28.1 Å². The molecule has 2 heterocycles. The van der Waals surface area contributed by atoms with Crippen molar-refractivity contribution in [3.63, 3.8) is 0 Å². The minimum atomic E-state index is -4.76. The van der Waals surface area contributed by atoms with Gasteiger partial charge in [0.15, 0.2) is 11.0 Å². The van der Waals surface area contributed by atoms with Crippen molar-refractivity contribution < 1.29 is 27.1 Å². The third kappa shape index (κ3) is 7.57. The zero-order valence-corrected chi connectivity index (χ0v) is 25.0. The van der Waals surface area contributed by atoms with Crippen LogP contribution < -0.4 is 15.0 Å². The molecule has 8 nitrogen and oxygen atoms in total. The molecule has 1 aromatic heterocycles. The first kappa shape index (κ1) is 31.0. The number of amidine groups is 1. The molecule has 0 radical (unpaired) electrons. The quantitative estimate of drug-likeness (QED) is 0.204. The Labute approximate surface area is 256 Å². The summed E-state index contributed by atoms with van der Waals surface area (Å²) in [5.74, 6) is 0.723. The molecule has 3 aromatic carbocycles. The van der Waals surface area contributed by atoms with Gasteiger partial charge in [0.25, 0.3) is 0 Å². The van der Waals surface area contributed by atoms with Crippen molar-refractivity contribution in [1.29, 1.82) is 0 Å². The lowest BCUT2D eigenvalue weighted by Crippen LogP contribution is -2.30. The van der Waals surface area contributed by atoms with Crippen molar-refractivity contribution >= 4 is 28.6 Å². The normalized spacial score (nSPS) is 15.2. The Balaban J connectivity index is 1.18. The van der Waals surface area contributed by atoms with Crippen LogP contribution in [0.25, 0.3) is 17.1 Å². The van der Waals surface area contributed by atoms with Gasteiger partial charge in [0, 0.05) is 30.1 Å². The summed E-state index contributed by atoms with van der Waals surface area (Å²) in [7, 11) is 0. The second kappa shape index (κ2) is 13.1. The standard InChI is InChI=1S/C31H30F4N6O2S/c1-19(2)26-16-23(32)8-13-27(26)40-14-15-44-30(40)38-29(42)36-17-20(3)21-4-6-22(7-5-21)28-37-18-41(39-28)24-9-11-25(12-10-24)43-31(33,34)35/h4-13,16,18-20H,14-15,17H2,1-3H3,(H,36,42)/b38-30-. The van der Waals surface area contributed by atoms with Gasteiger partial charge in [0.2, 0.25) is 0 Å². The number of carbonyl (C=O) groups excluding carboxylic acids is 1. The maximum Gasteiger partial charge on any atom is 0.573 e. The molecule has 1 fully saturated rings. The van der Waals surface area contributed by atoms with E-state index in [1.807, 2.05) is 49.9 Å². The summed E-state index contributed by atoms with van der Waals surface area (Å²) >= 11 is 1.49. The molecule has 0 aliphatic carbocycles. The van der Waals surface area contributed by atoms with Crippen molar-refractivity contribution in [2.24, 2.45) is 4.99 Å². The lowest BCUT2D eigenvalue weighted by molar-refractivity contribution is -0.274. The molecule has 13 heteroatoms. The Morgan fingerprint density at radius 3 is 2.48 bits per heavy atom. The van der Waals surface area contributed by atoms with E-state index in [2.05, 4.69) is 25.1 Å². The van der Waals surface area contributed by atoms with Crippen molar-refractivity contribution in [1.82, 2.24) is 20.1 Å². The topological polar surface area (TPSA) is 84.6 Å². The fourth-order valence-corrected chi connectivity index (χ4v) is 5.67. The Morgan fingerprint density at radius 2 is 1.80 bits per heavy atom. The summed E-state index contributed by atoms with van der Waals surface area (Å²) in [6.07, 6.45) is -3.28. The Bertz CT molecular complexity index is 1640. The molecule has 0 saturated carbocycles. The van der Waals surface area contributed by atoms with Gasteiger partial charge in [0.1, 0.15) is 17.9 Å². The van der Waals surface area contributed by atoms with Crippen molar-refractivity contribution in [2.75, 3.05) is 23.7 Å². The van der Waals surface area contributed by atoms with Crippen LogP contribution in [0.5, 0.6) is 5.75 Å². The number of urea groups is 1. The molecule has 1 N–H and O–H groups in total. The number of nitrogens with one attached hydrogen (secondary N) is 1. The van der Waals surface area contributed by atoms with Crippen LogP contribution in [-0.4, -0.2) is 51.2 Å². The molecule has 0 bridgehead atoms. The van der Waals surface area contributed by atoms with E-state index in [0.29, 0.717) is 29.8 Å². The van der Waals surface area contributed by atoms with E-state index in [9.17, 15) is 22.4 Å². The van der Waals surface area contributed by atoms with Gasteiger partial charge in [-0.2, -0.15) is 4.99 Å². The van der Waals surface area contributed by atoms with Gasteiger partial charge in [-0.05, 0) is 65.4 Å². The van der Waals surface area contributed by atoms with Gasteiger partial charge < -0.3 is 15.0 Å². The molecule has 5 rings (SSSR count). The molecule has 4 aromatic rings. The van der Waals surface area contributed by atoms with Gasteiger partial charge in [0.05, 0.1) is 5.69 Å². The fraction of sp³-hybridized carbons (Fsp3) is 0.290. The highest BCUT2D eigenvalue weighted by atomic mass is 32.2. The van der Waals surface area contributed by atoms with Crippen LogP contribution in [0.3, 0.4) is 0 Å². The van der Waals surface area contributed by atoms with E-state index in [-0.39, 0.29) is 23.4 Å². The predicted molar refractivity (Wildman–Crippen MR) is 163 cm³/mol. The third-order valence-electron chi connectivity index (χ3n) is 7.00. The first-order valence-corrected chi connectivity index (χ1v) is 14.9. The number of aliphatic imine (C=N–C) groups is 1. The van der Waals surface area contributed by atoms with Crippen LogP contribution in [0.2, 0.25) is 0 Å². The van der Waals surface area contributed by atoms with Crippen molar-refractivity contribution in [3.05, 3.63) is 90.0 Å². The number of halogens is 4. The van der Waals surface area contributed by atoms with Crippen LogP contribution in [0.1, 0.15) is 43.7 Å². The van der Waals surface area contributed by atoms with Gasteiger partial charge >= 0.3 is 12.4 Å². The summed E-state index contributed by atoms with van der Waals surface area (Å²) in [5, 5.41) is 7.90. The number of alkyl halides is 3. The van der Waals surface area contributed by atoms with Crippen LogP contribution in [0.15, 0.2) is 78.0 Å². The number of amides is 2. The molecule has 2 amide bonds. The van der Waals surface area contributed by atoms with E-state index in [1.54, 1.807) is 6.07 Å². The van der Waals surface area contributed by atoms with Gasteiger partial charge in [-0.1, -0.05) is 56.8 Å². The number of anilines is 1. The maximum absolute atomic E-state index is 13.9. The van der Waals surface area contributed by atoms with Crippen LogP contribution >= 0.6 is 11.8 Å². The smallest absolute Gasteiger partial charge is 0.406 e. The summed E-state index contributed by atoms with van der Waals surface area (Å²) in [5.41, 5.74) is 4.01. The predicted octanol–water partition coefficient (Wildman–Crippen LogP) is 7.52. The number of benzene rings is 3. The lowest BCUT2D eigenvalue weighted by Gasteiger charge is -2.23. The number of hydrogen-bond donors (Lipinski definition) is 1. The molecule has 1 aliphatic rings. The number of thioether (sulfide) groups is 1. The first-order chi connectivity index (χ1) is 21.0. The average molecular weight is 627 g/mol. The molecule has 1 aliphatic heterocycles. The molecule has 44 heavy (non-hydrogen) atoms. The van der Waals surface area contributed by atoms with Gasteiger partial charge in [-0.25, -0.2) is 18.9 Å². The second-order valence-corrected chi connectivity index (χ2v) is 11.6. The monoisotopic (exact) mass is 626 g/mol. The van der Waals surface area contributed by atoms with Crippen molar-refractivity contribution in [2.45, 2.75) is 39.0 Å². The minimum absolute atomic E-state index is 0.00637. The van der Waals surface area contributed by atoms with Crippen LogP contribution in [0.4, 0.5) is 28.0 Å². The second-order valence-electron chi connectivity index (χ2n) is 10.5. The lowest BCUT2D eigenvalue weighted by atomic mass is 10.00. The number of aromatic nitrogens is 3. The molecular weight excluding hydrogens is 596 g/mol. The van der Waals surface area contributed by atoms with Gasteiger partial charge in [-0.15, -0.1) is 18.3 Å². The SMILES string of the molecule is CC(C)c1cc(F)ccc1N1CCS/C1=N\C(=O)NCC(C)c1ccc(-c2ncn(-c3ccc(OC(F)(F)F)cc3)n2)cc1. The molecule has 1 atom stereocenters. The molecule has 230 valence electrons.